The van der Waals surface area contributed by atoms with Gasteiger partial charge in [0.05, 0.1) is 22.6 Å². The number of hydrogen-bond donors (Lipinski definition) is 2. The van der Waals surface area contributed by atoms with Gasteiger partial charge in [0.2, 0.25) is 0 Å². The first kappa shape index (κ1) is 13.9. The summed E-state index contributed by atoms with van der Waals surface area (Å²) in [5.74, 6) is 0. The Balaban J connectivity index is 2.40. The molecule has 0 aliphatic rings. The molecular weight excluding hydrogens is 309 g/mol. The zero-order chi connectivity index (χ0) is 14.0. The van der Waals surface area contributed by atoms with Crippen molar-refractivity contribution in [1.82, 2.24) is 4.98 Å². The van der Waals surface area contributed by atoms with Crippen LogP contribution in [-0.4, -0.2) is 13.4 Å². The Bertz CT molecular complexity index is 720. The third-order valence-electron chi connectivity index (χ3n) is 2.27. The van der Waals surface area contributed by atoms with E-state index in [9.17, 15) is 8.42 Å². The lowest BCUT2D eigenvalue weighted by Crippen LogP contribution is -2.15. The number of sulfonamides is 1. The molecule has 0 radical (unpaired) electrons. The smallest absolute Gasteiger partial charge is 0.264 e. The largest absolute Gasteiger partial charge is 0.398 e. The second kappa shape index (κ2) is 5.24. The fraction of sp³-hybridized carbons (Fsp3) is 0. The number of benzene rings is 1. The fourth-order valence-corrected chi connectivity index (χ4v) is 3.07. The maximum absolute atomic E-state index is 12.1. The number of nitrogens with two attached hydrogens (primary N) is 1. The van der Waals surface area contributed by atoms with Crippen LogP contribution in [-0.2, 0) is 10.0 Å². The predicted molar refractivity (Wildman–Crippen MR) is 75.9 cm³/mol. The van der Waals surface area contributed by atoms with Crippen molar-refractivity contribution in [2.75, 3.05) is 10.5 Å². The summed E-state index contributed by atoms with van der Waals surface area (Å²) in [6, 6.07) is 7.46. The summed E-state index contributed by atoms with van der Waals surface area (Å²) < 4.78 is 26.6. The number of nitrogens with one attached hydrogen (secondary N) is 1. The molecule has 8 heteroatoms. The van der Waals surface area contributed by atoms with E-state index in [4.69, 9.17) is 28.9 Å². The Morgan fingerprint density at radius 1 is 1.21 bits per heavy atom. The molecule has 2 rings (SSSR count). The van der Waals surface area contributed by atoms with E-state index in [2.05, 4.69) is 9.71 Å². The summed E-state index contributed by atoms with van der Waals surface area (Å²) in [6.07, 6.45) is 1.24. The van der Waals surface area contributed by atoms with Crippen molar-refractivity contribution in [3.8, 4) is 0 Å². The van der Waals surface area contributed by atoms with Gasteiger partial charge in [0.1, 0.15) is 10.0 Å². The van der Waals surface area contributed by atoms with Crippen molar-refractivity contribution >= 4 is 44.6 Å². The Morgan fingerprint density at radius 2 is 1.89 bits per heavy atom. The van der Waals surface area contributed by atoms with Gasteiger partial charge in [0.15, 0.2) is 0 Å². The predicted octanol–water partition coefficient (Wildman–Crippen LogP) is 2.77. The van der Waals surface area contributed by atoms with Crippen LogP contribution in [0.2, 0.25) is 10.2 Å². The van der Waals surface area contributed by atoms with Crippen molar-refractivity contribution < 1.29 is 8.42 Å². The van der Waals surface area contributed by atoms with Crippen LogP contribution >= 0.6 is 23.2 Å². The number of para-hydroxylation sites is 1. The summed E-state index contributed by atoms with van der Waals surface area (Å²) in [6.45, 7) is 0. The van der Waals surface area contributed by atoms with Crippen LogP contribution in [0.1, 0.15) is 0 Å². The minimum Gasteiger partial charge on any atom is -0.398 e. The molecule has 1 aromatic carbocycles. The van der Waals surface area contributed by atoms with Crippen LogP contribution in [0.4, 0.5) is 11.4 Å². The third kappa shape index (κ3) is 3.09. The van der Waals surface area contributed by atoms with Gasteiger partial charge in [-0.2, -0.15) is 0 Å². The highest BCUT2D eigenvalue weighted by Crippen LogP contribution is 2.27. The Morgan fingerprint density at radius 3 is 2.53 bits per heavy atom. The molecule has 1 heterocycles. The SMILES string of the molecule is Nc1ccccc1S(=O)(=O)Nc1cnc(Cl)cc1Cl. The topological polar surface area (TPSA) is 85.1 Å². The summed E-state index contributed by atoms with van der Waals surface area (Å²) in [5, 5.41) is 0.324. The molecule has 0 saturated carbocycles. The Labute approximate surface area is 120 Å². The van der Waals surface area contributed by atoms with Gasteiger partial charge < -0.3 is 5.73 Å². The van der Waals surface area contributed by atoms with Gasteiger partial charge >= 0.3 is 0 Å². The van der Waals surface area contributed by atoms with E-state index in [0.717, 1.165) is 0 Å². The lowest BCUT2D eigenvalue weighted by atomic mass is 10.3. The molecule has 0 amide bonds. The molecule has 100 valence electrons. The maximum Gasteiger partial charge on any atom is 0.264 e. The zero-order valence-corrected chi connectivity index (χ0v) is 11.8. The number of nitrogens with zero attached hydrogens (tertiary/aromatic N) is 1. The van der Waals surface area contributed by atoms with Gasteiger partial charge in [-0.3, -0.25) is 4.72 Å². The lowest BCUT2D eigenvalue weighted by molar-refractivity contribution is 0.601. The van der Waals surface area contributed by atoms with E-state index in [1.54, 1.807) is 12.1 Å². The van der Waals surface area contributed by atoms with Crippen LogP contribution in [0.25, 0.3) is 0 Å². The van der Waals surface area contributed by atoms with E-state index in [-0.39, 0.29) is 26.4 Å². The molecule has 3 N–H and O–H groups in total. The highest BCUT2D eigenvalue weighted by atomic mass is 35.5. The first-order valence-corrected chi connectivity index (χ1v) is 7.32. The fourth-order valence-electron chi connectivity index (χ4n) is 1.41. The van der Waals surface area contributed by atoms with Crippen LogP contribution in [0.15, 0.2) is 41.4 Å². The van der Waals surface area contributed by atoms with E-state index in [1.165, 1.54) is 24.4 Å². The molecule has 0 bridgehead atoms. The number of hydrogen-bond acceptors (Lipinski definition) is 4. The minimum atomic E-state index is -3.82. The average Bonchev–Trinajstić information content (AvgIpc) is 2.33. The van der Waals surface area contributed by atoms with Gasteiger partial charge in [-0.15, -0.1) is 0 Å². The zero-order valence-electron chi connectivity index (χ0n) is 9.47. The standard InChI is InChI=1S/C11H9Cl2N3O2S/c12-7-5-11(13)15-6-9(7)16-19(17,18)10-4-2-1-3-8(10)14/h1-6,16H,14H2. The average molecular weight is 318 g/mol. The molecule has 19 heavy (non-hydrogen) atoms. The molecule has 0 aliphatic heterocycles. The molecule has 0 aliphatic carbocycles. The van der Waals surface area contributed by atoms with Gasteiger partial charge in [0, 0.05) is 0 Å². The van der Waals surface area contributed by atoms with Crippen LogP contribution in [0.5, 0.6) is 0 Å². The van der Waals surface area contributed by atoms with E-state index in [0.29, 0.717) is 0 Å². The number of halogens is 2. The monoisotopic (exact) mass is 317 g/mol. The Hall–Kier alpha value is -1.50. The quantitative estimate of drug-likeness (QED) is 0.673. The number of nitrogen functional groups attached to an aromatic ring is 1. The van der Waals surface area contributed by atoms with Crippen LogP contribution in [0.3, 0.4) is 0 Å². The summed E-state index contributed by atoms with van der Waals surface area (Å²) in [5.41, 5.74) is 5.91. The molecule has 0 atom stereocenters. The minimum absolute atomic E-state index is 0.0268. The molecule has 0 fully saturated rings. The maximum atomic E-state index is 12.1. The molecule has 2 aromatic rings. The van der Waals surface area contributed by atoms with Crippen molar-refractivity contribution in [1.29, 1.82) is 0 Å². The van der Waals surface area contributed by atoms with Gasteiger partial charge in [-0.1, -0.05) is 35.3 Å². The molecule has 0 unspecified atom stereocenters. The second-order valence-corrected chi connectivity index (χ2v) is 6.08. The van der Waals surface area contributed by atoms with Gasteiger partial charge in [-0.25, -0.2) is 13.4 Å². The number of pyridine rings is 1. The third-order valence-corrected chi connectivity index (χ3v) is 4.23. The highest BCUT2D eigenvalue weighted by molar-refractivity contribution is 7.92. The van der Waals surface area contributed by atoms with Gasteiger partial charge in [0.25, 0.3) is 10.0 Å². The van der Waals surface area contributed by atoms with Crippen LogP contribution < -0.4 is 10.5 Å². The molecule has 1 aromatic heterocycles. The molecule has 0 saturated heterocycles. The van der Waals surface area contributed by atoms with Crippen molar-refractivity contribution in [3.63, 3.8) is 0 Å². The van der Waals surface area contributed by atoms with Crippen molar-refractivity contribution in [3.05, 3.63) is 46.7 Å². The highest BCUT2D eigenvalue weighted by Gasteiger charge is 2.18. The second-order valence-electron chi connectivity index (χ2n) is 3.63. The van der Waals surface area contributed by atoms with E-state index < -0.39 is 10.0 Å². The summed E-state index contributed by atoms with van der Waals surface area (Å²) in [7, 11) is -3.82. The van der Waals surface area contributed by atoms with Crippen molar-refractivity contribution in [2.45, 2.75) is 4.90 Å². The summed E-state index contributed by atoms with van der Waals surface area (Å²) in [4.78, 5) is 3.74. The normalized spacial score (nSPS) is 11.3. The van der Waals surface area contributed by atoms with E-state index >= 15 is 0 Å². The molecule has 0 spiro atoms. The summed E-state index contributed by atoms with van der Waals surface area (Å²) >= 11 is 11.5. The number of anilines is 2. The first-order valence-electron chi connectivity index (χ1n) is 5.08. The molecule has 5 nitrogen and oxygen atoms in total. The first-order chi connectivity index (χ1) is 8.90. The van der Waals surface area contributed by atoms with E-state index in [1.807, 2.05) is 0 Å². The van der Waals surface area contributed by atoms with Crippen molar-refractivity contribution in [2.24, 2.45) is 0 Å². The lowest BCUT2D eigenvalue weighted by Gasteiger charge is -2.10. The van der Waals surface area contributed by atoms with Gasteiger partial charge in [-0.05, 0) is 18.2 Å². The molecular formula is C11H9Cl2N3O2S. The number of rotatable bonds is 3. The Kier molecular flexibility index (Phi) is 3.84. The van der Waals surface area contributed by atoms with Crippen LogP contribution in [0, 0.1) is 0 Å². The number of aromatic nitrogens is 1.